The van der Waals surface area contributed by atoms with Crippen LogP contribution in [0.2, 0.25) is 0 Å². The summed E-state index contributed by atoms with van der Waals surface area (Å²) in [6.45, 7) is 3.54. The molecule has 1 N–H and O–H groups in total. The van der Waals surface area contributed by atoms with Crippen molar-refractivity contribution in [1.82, 2.24) is 4.90 Å². The first kappa shape index (κ1) is 12.8. The summed E-state index contributed by atoms with van der Waals surface area (Å²) < 4.78 is 4.87. The Morgan fingerprint density at radius 3 is 2.71 bits per heavy atom. The Labute approximate surface area is 103 Å². The number of hydrogen-bond acceptors (Lipinski definition) is 3. The molecule has 1 saturated heterocycles. The molecule has 0 aromatic heterocycles. The molecule has 0 radical (unpaired) electrons. The van der Waals surface area contributed by atoms with Gasteiger partial charge >= 0.3 is 0 Å². The molecule has 0 spiro atoms. The zero-order valence-corrected chi connectivity index (χ0v) is 10.8. The van der Waals surface area contributed by atoms with Crippen molar-refractivity contribution in [3.63, 3.8) is 0 Å². The molecule has 2 atom stereocenters. The predicted octanol–water partition coefficient (Wildman–Crippen LogP) is 1.03. The Hall–Kier alpha value is -0.610. The summed E-state index contributed by atoms with van der Waals surface area (Å²) in [7, 11) is 1.54. The maximum atomic E-state index is 11.7. The highest BCUT2D eigenvalue weighted by atomic mass is 16.5. The number of carbonyl (C=O) groups excluding carboxylic acids is 1. The van der Waals surface area contributed by atoms with Gasteiger partial charge in [0, 0.05) is 26.1 Å². The van der Waals surface area contributed by atoms with Crippen molar-refractivity contribution in [2.45, 2.75) is 38.2 Å². The number of hydrogen-bond donors (Lipinski definition) is 1. The van der Waals surface area contributed by atoms with Crippen LogP contribution >= 0.6 is 0 Å². The number of carbonyl (C=O) groups is 1. The first-order chi connectivity index (χ1) is 8.08. The van der Waals surface area contributed by atoms with Crippen LogP contribution in [0.15, 0.2) is 0 Å². The van der Waals surface area contributed by atoms with Gasteiger partial charge in [0.15, 0.2) is 0 Å². The summed E-state index contributed by atoms with van der Waals surface area (Å²) >= 11 is 0. The minimum Gasteiger partial charge on any atom is -0.389 e. The van der Waals surface area contributed by atoms with E-state index in [1.165, 1.54) is 13.5 Å². The second kappa shape index (κ2) is 4.94. The zero-order valence-electron chi connectivity index (χ0n) is 10.8. The van der Waals surface area contributed by atoms with Gasteiger partial charge < -0.3 is 14.7 Å². The Kier molecular flexibility index (Phi) is 3.73. The van der Waals surface area contributed by atoms with Crippen molar-refractivity contribution in [2.24, 2.45) is 11.8 Å². The van der Waals surface area contributed by atoms with E-state index in [1.807, 2.05) is 4.90 Å². The Morgan fingerprint density at radius 2 is 2.24 bits per heavy atom. The largest absolute Gasteiger partial charge is 0.389 e. The van der Waals surface area contributed by atoms with Gasteiger partial charge in [-0.15, -0.1) is 0 Å². The van der Waals surface area contributed by atoms with Gasteiger partial charge in [-0.3, -0.25) is 4.79 Å². The maximum absolute atomic E-state index is 11.7. The zero-order chi connectivity index (χ0) is 12.5. The van der Waals surface area contributed by atoms with Crippen molar-refractivity contribution >= 4 is 5.91 Å². The van der Waals surface area contributed by atoms with Crippen LogP contribution in [0.3, 0.4) is 0 Å². The van der Waals surface area contributed by atoms with Crippen LogP contribution < -0.4 is 0 Å². The standard InChI is InChI=1S/C13H23NO3/c1-10-8-14(12(15)9-17-2)7-6-13(10,16)11-4-3-5-11/h10-11,16H,3-9H2,1-2H3/t10-,13+/m1/s1. The summed E-state index contributed by atoms with van der Waals surface area (Å²) in [4.78, 5) is 13.5. The molecule has 1 heterocycles. The van der Waals surface area contributed by atoms with Crippen molar-refractivity contribution in [3.8, 4) is 0 Å². The summed E-state index contributed by atoms with van der Waals surface area (Å²) in [6, 6.07) is 0. The van der Waals surface area contributed by atoms with Crippen LogP contribution in [-0.2, 0) is 9.53 Å². The SMILES string of the molecule is COCC(=O)N1CC[C@@](O)(C2CCC2)[C@H](C)C1. The van der Waals surface area contributed by atoms with Crippen LogP contribution in [0.1, 0.15) is 32.6 Å². The van der Waals surface area contributed by atoms with Crippen molar-refractivity contribution in [2.75, 3.05) is 26.8 Å². The molecule has 17 heavy (non-hydrogen) atoms. The summed E-state index contributed by atoms with van der Waals surface area (Å²) in [5, 5.41) is 10.7. The predicted molar refractivity (Wildman–Crippen MR) is 64.5 cm³/mol. The number of nitrogens with zero attached hydrogens (tertiary/aromatic N) is 1. The average molecular weight is 241 g/mol. The molecule has 0 unspecified atom stereocenters. The highest BCUT2D eigenvalue weighted by Crippen LogP contribution is 2.44. The van der Waals surface area contributed by atoms with Gasteiger partial charge in [0.2, 0.25) is 5.91 Å². The first-order valence-electron chi connectivity index (χ1n) is 6.57. The molecule has 1 aliphatic heterocycles. The van der Waals surface area contributed by atoms with E-state index in [9.17, 15) is 9.90 Å². The fourth-order valence-corrected chi connectivity index (χ4v) is 3.10. The van der Waals surface area contributed by atoms with Gasteiger partial charge in [0.25, 0.3) is 0 Å². The second-order valence-corrected chi connectivity index (χ2v) is 5.54. The molecule has 0 aromatic rings. The van der Waals surface area contributed by atoms with Crippen LogP contribution in [0, 0.1) is 11.8 Å². The van der Waals surface area contributed by atoms with E-state index in [4.69, 9.17) is 4.74 Å². The number of amides is 1. The quantitative estimate of drug-likeness (QED) is 0.803. The number of ether oxygens (including phenoxy) is 1. The van der Waals surface area contributed by atoms with E-state index in [0.717, 1.165) is 12.8 Å². The van der Waals surface area contributed by atoms with E-state index in [0.29, 0.717) is 25.4 Å². The lowest BCUT2D eigenvalue weighted by Crippen LogP contribution is -2.57. The van der Waals surface area contributed by atoms with Crippen LogP contribution in [0.4, 0.5) is 0 Å². The van der Waals surface area contributed by atoms with Crippen molar-refractivity contribution < 1.29 is 14.6 Å². The van der Waals surface area contributed by atoms with E-state index in [2.05, 4.69) is 6.92 Å². The smallest absolute Gasteiger partial charge is 0.248 e. The summed E-state index contributed by atoms with van der Waals surface area (Å²) in [5.74, 6) is 0.662. The van der Waals surface area contributed by atoms with Gasteiger partial charge in [-0.05, 0) is 25.2 Å². The summed E-state index contributed by atoms with van der Waals surface area (Å²) in [5.41, 5.74) is -0.540. The minimum atomic E-state index is -0.540. The third-order valence-corrected chi connectivity index (χ3v) is 4.56. The maximum Gasteiger partial charge on any atom is 0.248 e. The number of rotatable bonds is 3. The van der Waals surface area contributed by atoms with Gasteiger partial charge in [-0.2, -0.15) is 0 Å². The fraction of sp³-hybridized carbons (Fsp3) is 0.923. The number of likely N-dealkylation sites (tertiary alicyclic amines) is 1. The van der Waals surface area contributed by atoms with E-state index >= 15 is 0 Å². The molecule has 0 bridgehead atoms. The molecule has 1 amide bonds. The molecule has 1 saturated carbocycles. The molecule has 1 aliphatic carbocycles. The lowest BCUT2D eigenvalue weighted by atomic mass is 9.65. The molecular formula is C13H23NO3. The lowest BCUT2D eigenvalue weighted by Gasteiger charge is -2.50. The van der Waals surface area contributed by atoms with Crippen molar-refractivity contribution in [1.29, 1.82) is 0 Å². The van der Waals surface area contributed by atoms with Crippen LogP contribution in [0.5, 0.6) is 0 Å². The van der Waals surface area contributed by atoms with Crippen LogP contribution in [-0.4, -0.2) is 48.3 Å². The van der Waals surface area contributed by atoms with Gasteiger partial charge in [0.1, 0.15) is 6.61 Å². The molecule has 0 aromatic carbocycles. The molecular weight excluding hydrogens is 218 g/mol. The summed E-state index contributed by atoms with van der Waals surface area (Å²) in [6.07, 6.45) is 4.25. The Bertz CT molecular complexity index is 290. The van der Waals surface area contributed by atoms with Gasteiger partial charge in [0.05, 0.1) is 5.60 Å². The fourth-order valence-electron chi connectivity index (χ4n) is 3.10. The molecule has 2 rings (SSSR count). The number of methoxy groups -OCH3 is 1. The number of piperidine rings is 1. The first-order valence-corrected chi connectivity index (χ1v) is 6.57. The average Bonchev–Trinajstić information content (AvgIpc) is 2.20. The third-order valence-electron chi connectivity index (χ3n) is 4.56. The topological polar surface area (TPSA) is 49.8 Å². The van der Waals surface area contributed by atoms with E-state index < -0.39 is 5.60 Å². The minimum absolute atomic E-state index is 0.0370. The molecule has 4 nitrogen and oxygen atoms in total. The van der Waals surface area contributed by atoms with E-state index in [1.54, 1.807) is 0 Å². The Balaban J connectivity index is 1.94. The highest BCUT2D eigenvalue weighted by molar-refractivity contribution is 5.77. The van der Waals surface area contributed by atoms with Gasteiger partial charge in [-0.1, -0.05) is 13.3 Å². The van der Waals surface area contributed by atoms with E-state index in [-0.39, 0.29) is 18.4 Å². The Morgan fingerprint density at radius 1 is 1.53 bits per heavy atom. The molecule has 2 fully saturated rings. The molecule has 4 heteroatoms. The molecule has 98 valence electrons. The normalized spacial score (nSPS) is 34.5. The monoisotopic (exact) mass is 241 g/mol. The van der Waals surface area contributed by atoms with Crippen LogP contribution in [0.25, 0.3) is 0 Å². The van der Waals surface area contributed by atoms with Gasteiger partial charge in [-0.25, -0.2) is 0 Å². The van der Waals surface area contributed by atoms with Crippen molar-refractivity contribution in [3.05, 3.63) is 0 Å². The highest BCUT2D eigenvalue weighted by Gasteiger charge is 2.47. The molecule has 2 aliphatic rings. The number of aliphatic hydroxyl groups is 1. The third kappa shape index (κ3) is 2.33. The second-order valence-electron chi connectivity index (χ2n) is 5.54. The lowest BCUT2D eigenvalue weighted by molar-refractivity contribution is -0.153.